The Labute approximate surface area is 107 Å². The average Bonchev–Trinajstić information content (AvgIpc) is 2.38. The van der Waals surface area contributed by atoms with Crippen LogP contribution in [-0.4, -0.2) is 24.8 Å². The fourth-order valence-electron chi connectivity index (χ4n) is 3.77. The zero-order valence-corrected chi connectivity index (χ0v) is 11.6. The molecule has 1 heterocycles. The Balaban J connectivity index is 2.03. The van der Waals surface area contributed by atoms with Crippen molar-refractivity contribution in [3.8, 4) is 0 Å². The van der Waals surface area contributed by atoms with Crippen molar-refractivity contribution in [2.75, 3.05) is 13.2 Å². The van der Waals surface area contributed by atoms with Gasteiger partial charge in [0.25, 0.3) is 0 Å². The van der Waals surface area contributed by atoms with Gasteiger partial charge in [-0.3, -0.25) is 0 Å². The third-order valence-corrected chi connectivity index (χ3v) is 4.70. The number of ether oxygens (including phenoxy) is 1. The maximum Gasteiger partial charge on any atom is 0.0809 e. The highest BCUT2D eigenvalue weighted by Crippen LogP contribution is 2.37. The summed E-state index contributed by atoms with van der Waals surface area (Å²) in [4.78, 5) is 0. The SMILES string of the molecule is CCNC(C1CCCCC1)C1(C)CCCCO1. The minimum Gasteiger partial charge on any atom is -0.374 e. The van der Waals surface area contributed by atoms with E-state index in [4.69, 9.17) is 4.74 Å². The van der Waals surface area contributed by atoms with Gasteiger partial charge >= 0.3 is 0 Å². The zero-order chi connectivity index (χ0) is 12.1. The Hall–Kier alpha value is -0.0800. The Morgan fingerprint density at radius 2 is 1.94 bits per heavy atom. The lowest BCUT2D eigenvalue weighted by Gasteiger charge is -2.45. The molecule has 2 fully saturated rings. The van der Waals surface area contributed by atoms with Gasteiger partial charge in [0.05, 0.1) is 5.60 Å². The molecule has 2 atom stereocenters. The Morgan fingerprint density at radius 3 is 2.53 bits per heavy atom. The molecule has 1 aliphatic carbocycles. The number of hydrogen-bond acceptors (Lipinski definition) is 2. The van der Waals surface area contributed by atoms with Crippen LogP contribution in [0.2, 0.25) is 0 Å². The summed E-state index contributed by atoms with van der Waals surface area (Å²) in [7, 11) is 0. The average molecular weight is 239 g/mol. The van der Waals surface area contributed by atoms with Gasteiger partial charge in [-0.25, -0.2) is 0 Å². The first-order valence-corrected chi connectivity index (χ1v) is 7.63. The van der Waals surface area contributed by atoms with Crippen molar-refractivity contribution in [3.63, 3.8) is 0 Å². The smallest absolute Gasteiger partial charge is 0.0809 e. The molecule has 1 saturated carbocycles. The molecule has 0 bridgehead atoms. The van der Waals surface area contributed by atoms with Crippen LogP contribution in [0.3, 0.4) is 0 Å². The second-order valence-electron chi connectivity index (χ2n) is 6.05. The van der Waals surface area contributed by atoms with Gasteiger partial charge in [0.2, 0.25) is 0 Å². The third-order valence-electron chi connectivity index (χ3n) is 4.70. The number of rotatable bonds is 4. The second kappa shape index (κ2) is 6.19. The summed E-state index contributed by atoms with van der Waals surface area (Å²) in [5.74, 6) is 0.840. The molecule has 1 saturated heterocycles. The van der Waals surface area contributed by atoms with Crippen molar-refractivity contribution in [2.24, 2.45) is 5.92 Å². The van der Waals surface area contributed by atoms with Gasteiger partial charge in [-0.05, 0) is 51.5 Å². The fourth-order valence-corrected chi connectivity index (χ4v) is 3.77. The molecule has 0 aromatic rings. The first-order chi connectivity index (χ1) is 8.26. The van der Waals surface area contributed by atoms with Gasteiger partial charge in [0, 0.05) is 12.6 Å². The molecule has 0 aromatic carbocycles. The van der Waals surface area contributed by atoms with Gasteiger partial charge < -0.3 is 10.1 Å². The molecule has 0 amide bonds. The van der Waals surface area contributed by atoms with Gasteiger partial charge in [-0.15, -0.1) is 0 Å². The first-order valence-electron chi connectivity index (χ1n) is 7.63. The predicted molar refractivity (Wildman–Crippen MR) is 72.2 cm³/mol. The first kappa shape index (κ1) is 13.4. The van der Waals surface area contributed by atoms with Gasteiger partial charge in [-0.1, -0.05) is 26.2 Å². The van der Waals surface area contributed by atoms with E-state index in [0.29, 0.717) is 6.04 Å². The summed E-state index contributed by atoms with van der Waals surface area (Å²) in [6.07, 6.45) is 10.9. The van der Waals surface area contributed by atoms with Crippen molar-refractivity contribution < 1.29 is 4.74 Å². The van der Waals surface area contributed by atoms with Crippen LogP contribution in [0.15, 0.2) is 0 Å². The van der Waals surface area contributed by atoms with Crippen LogP contribution in [0, 0.1) is 5.92 Å². The molecule has 2 heteroatoms. The van der Waals surface area contributed by atoms with Crippen LogP contribution >= 0.6 is 0 Å². The molecule has 17 heavy (non-hydrogen) atoms. The molecule has 0 spiro atoms. The molecule has 1 N–H and O–H groups in total. The molecule has 2 nitrogen and oxygen atoms in total. The molecular formula is C15H29NO. The lowest BCUT2D eigenvalue weighted by Crippen LogP contribution is -2.56. The van der Waals surface area contributed by atoms with E-state index in [0.717, 1.165) is 19.1 Å². The van der Waals surface area contributed by atoms with Crippen molar-refractivity contribution in [1.82, 2.24) is 5.32 Å². The third kappa shape index (κ3) is 3.23. The summed E-state index contributed by atoms with van der Waals surface area (Å²) in [5, 5.41) is 3.74. The lowest BCUT2D eigenvalue weighted by atomic mass is 9.74. The van der Waals surface area contributed by atoms with Crippen LogP contribution in [-0.2, 0) is 4.74 Å². The Bertz CT molecular complexity index is 217. The van der Waals surface area contributed by atoms with E-state index in [1.54, 1.807) is 0 Å². The Kier molecular flexibility index (Phi) is 4.87. The van der Waals surface area contributed by atoms with Crippen molar-refractivity contribution in [1.29, 1.82) is 0 Å². The molecule has 2 rings (SSSR count). The predicted octanol–water partition coefficient (Wildman–Crippen LogP) is 3.50. The minimum atomic E-state index is 0.0935. The fraction of sp³-hybridized carbons (Fsp3) is 1.00. The van der Waals surface area contributed by atoms with Gasteiger partial charge in [-0.2, -0.15) is 0 Å². The van der Waals surface area contributed by atoms with E-state index >= 15 is 0 Å². The summed E-state index contributed by atoms with van der Waals surface area (Å²) in [6.45, 7) is 6.60. The van der Waals surface area contributed by atoms with E-state index in [1.165, 1.54) is 51.4 Å². The quantitative estimate of drug-likeness (QED) is 0.810. The second-order valence-corrected chi connectivity index (χ2v) is 6.05. The summed E-state index contributed by atoms with van der Waals surface area (Å²) in [6, 6.07) is 0.577. The summed E-state index contributed by atoms with van der Waals surface area (Å²) >= 11 is 0. The highest BCUT2D eigenvalue weighted by Gasteiger charge is 2.40. The summed E-state index contributed by atoms with van der Waals surface area (Å²) < 4.78 is 6.17. The highest BCUT2D eigenvalue weighted by molar-refractivity contribution is 4.96. The summed E-state index contributed by atoms with van der Waals surface area (Å²) in [5.41, 5.74) is 0.0935. The van der Waals surface area contributed by atoms with E-state index in [1.807, 2.05) is 0 Å². The molecule has 0 aromatic heterocycles. The largest absolute Gasteiger partial charge is 0.374 e. The molecule has 2 aliphatic rings. The maximum atomic E-state index is 6.17. The van der Waals surface area contributed by atoms with E-state index in [2.05, 4.69) is 19.2 Å². The maximum absolute atomic E-state index is 6.17. The standard InChI is InChI=1S/C15H29NO/c1-3-16-14(13-9-5-4-6-10-13)15(2)11-7-8-12-17-15/h13-14,16H,3-12H2,1-2H3. The van der Waals surface area contributed by atoms with Crippen molar-refractivity contribution in [2.45, 2.75) is 76.9 Å². The van der Waals surface area contributed by atoms with Crippen molar-refractivity contribution in [3.05, 3.63) is 0 Å². The number of hydrogen-bond donors (Lipinski definition) is 1. The topological polar surface area (TPSA) is 21.3 Å². The van der Waals surface area contributed by atoms with Gasteiger partial charge in [0.15, 0.2) is 0 Å². The molecular weight excluding hydrogens is 210 g/mol. The number of likely N-dealkylation sites (N-methyl/N-ethyl adjacent to an activating group) is 1. The van der Waals surface area contributed by atoms with E-state index in [-0.39, 0.29) is 5.60 Å². The highest BCUT2D eigenvalue weighted by atomic mass is 16.5. The van der Waals surface area contributed by atoms with Crippen LogP contribution in [0.4, 0.5) is 0 Å². The molecule has 1 aliphatic heterocycles. The number of nitrogens with one attached hydrogen (secondary N) is 1. The molecule has 2 unspecified atom stereocenters. The lowest BCUT2D eigenvalue weighted by molar-refractivity contribution is -0.103. The van der Waals surface area contributed by atoms with E-state index < -0.39 is 0 Å². The normalized spacial score (nSPS) is 33.5. The monoisotopic (exact) mass is 239 g/mol. The van der Waals surface area contributed by atoms with Gasteiger partial charge in [0.1, 0.15) is 0 Å². The molecule has 0 radical (unpaired) electrons. The zero-order valence-electron chi connectivity index (χ0n) is 11.6. The van der Waals surface area contributed by atoms with Crippen LogP contribution < -0.4 is 5.32 Å². The van der Waals surface area contributed by atoms with Crippen LogP contribution in [0.1, 0.15) is 65.2 Å². The van der Waals surface area contributed by atoms with Crippen molar-refractivity contribution >= 4 is 0 Å². The van der Waals surface area contributed by atoms with Crippen LogP contribution in [0.25, 0.3) is 0 Å². The minimum absolute atomic E-state index is 0.0935. The van der Waals surface area contributed by atoms with Crippen LogP contribution in [0.5, 0.6) is 0 Å². The van der Waals surface area contributed by atoms with E-state index in [9.17, 15) is 0 Å². The Morgan fingerprint density at radius 1 is 1.18 bits per heavy atom. The molecule has 100 valence electrons.